The third kappa shape index (κ3) is 4.22. The summed E-state index contributed by atoms with van der Waals surface area (Å²) < 4.78 is 0. The molecule has 0 radical (unpaired) electrons. The molecule has 3 heteroatoms. The summed E-state index contributed by atoms with van der Waals surface area (Å²) in [6.07, 6.45) is 5.50. The van der Waals surface area contributed by atoms with Crippen LogP contribution in [0, 0.1) is 11.3 Å². The lowest BCUT2D eigenvalue weighted by Crippen LogP contribution is -2.43. The Balaban J connectivity index is 1.67. The van der Waals surface area contributed by atoms with Crippen LogP contribution in [0.2, 0.25) is 0 Å². The lowest BCUT2D eigenvalue weighted by Gasteiger charge is -2.37. The zero-order chi connectivity index (χ0) is 13.0. The summed E-state index contributed by atoms with van der Waals surface area (Å²) in [4.78, 5) is 5.19. The summed E-state index contributed by atoms with van der Waals surface area (Å²) in [6, 6.07) is 0. The van der Waals surface area contributed by atoms with Gasteiger partial charge in [0.05, 0.1) is 0 Å². The average molecular weight is 254 g/mol. The van der Waals surface area contributed by atoms with Crippen LogP contribution in [-0.2, 0) is 0 Å². The fourth-order valence-corrected chi connectivity index (χ4v) is 3.31. The van der Waals surface area contributed by atoms with Crippen molar-refractivity contribution in [2.24, 2.45) is 11.3 Å². The van der Waals surface area contributed by atoms with Crippen LogP contribution in [0.25, 0.3) is 0 Å². The molecule has 2 aliphatic heterocycles. The molecular formula is C15H30N2O. The maximum atomic E-state index is 9.33. The summed E-state index contributed by atoms with van der Waals surface area (Å²) in [5.74, 6) is 0.914. The monoisotopic (exact) mass is 254 g/mol. The van der Waals surface area contributed by atoms with Crippen molar-refractivity contribution in [3.63, 3.8) is 0 Å². The number of aliphatic hydroxyl groups is 1. The Bertz CT molecular complexity index is 241. The van der Waals surface area contributed by atoms with E-state index in [1.807, 2.05) is 0 Å². The minimum atomic E-state index is 0.0573. The van der Waals surface area contributed by atoms with E-state index in [4.69, 9.17) is 0 Å². The van der Waals surface area contributed by atoms with Gasteiger partial charge in [0.2, 0.25) is 0 Å². The Labute approximate surface area is 112 Å². The molecule has 2 fully saturated rings. The topological polar surface area (TPSA) is 26.7 Å². The minimum Gasteiger partial charge on any atom is -0.396 e. The molecule has 2 aliphatic rings. The molecule has 2 saturated heterocycles. The number of hydrogen-bond donors (Lipinski definition) is 1. The zero-order valence-corrected chi connectivity index (χ0v) is 12.2. The van der Waals surface area contributed by atoms with Gasteiger partial charge in [0.15, 0.2) is 0 Å². The molecule has 0 aliphatic carbocycles. The van der Waals surface area contributed by atoms with Crippen LogP contribution >= 0.6 is 0 Å². The van der Waals surface area contributed by atoms with Crippen molar-refractivity contribution in [3.8, 4) is 0 Å². The first kappa shape index (κ1) is 14.3. The van der Waals surface area contributed by atoms with Crippen molar-refractivity contribution >= 4 is 0 Å². The molecule has 0 saturated carbocycles. The quantitative estimate of drug-likeness (QED) is 0.810. The van der Waals surface area contributed by atoms with Gasteiger partial charge in [-0.05, 0) is 57.8 Å². The first-order valence-corrected chi connectivity index (χ1v) is 7.65. The van der Waals surface area contributed by atoms with E-state index in [0.717, 1.165) is 12.5 Å². The molecule has 106 valence electrons. The Morgan fingerprint density at radius 1 is 1.00 bits per heavy atom. The van der Waals surface area contributed by atoms with Crippen LogP contribution in [0.1, 0.15) is 39.5 Å². The lowest BCUT2D eigenvalue weighted by molar-refractivity contribution is 0.0758. The van der Waals surface area contributed by atoms with Crippen LogP contribution in [0.5, 0.6) is 0 Å². The van der Waals surface area contributed by atoms with E-state index < -0.39 is 0 Å². The number of likely N-dealkylation sites (tertiary alicyclic amines) is 2. The van der Waals surface area contributed by atoms with Gasteiger partial charge in [-0.15, -0.1) is 0 Å². The number of aliphatic hydroxyl groups excluding tert-OH is 1. The van der Waals surface area contributed by atoms with Crippen LogP contribution in [0.4, 0.5) is 0 Å². The second-order valence-corrected chi connectivity index (χ2v) is 7.05. The van der Waals surface area contributed by atoms with E-state index in [1.54, 1.807) is 0 Å². The fraction of sp³-hybridized carbons (Fsp3) is 1.00. The van der Waals surface area contributed by atoms with Crippen molar-refractivity contribution in [1.82, 2.24) is 9.80 Å². The summed E-state index contributed by atoms with van der Waals surface area (Å²) in [7, 11) is 0. The third-order valence-electron chi connectivity index (χ3n) is 4.50. The largest absolute Gasteiger partial charge is 0.396 e. The van der Waals surface area contributed by atoms with Crippen molar-refractivity contribution < 1.29 is 5.11 Å². The molecule has 0 unspecified atom stereocenters. The fourth-order valence-electron chi connectivity index (χ4n) is 3.31. The number of nitrogens with zero attached hydrogens (tertiary/aromatic N) is 2. The normalized spacial score (nSPS) is 24.8. The highest BCUT2D eigenvalue weighted by atomic mass is 16.3. The first-order chi connectivity index (χ1) is 8.59. The number of piperidine rings is 1. The van der Waals surface area contributed by atoms with E-state index in [2.05, 4.69) is 23.6 Å². The van der Waals surface area contributed by atoms with Crippen molar-refractivity contribution in [3.05, 3.63) is 0 Å². The van der Waals surface area contributed by atoms with Gasteiger partial charge in [-0.25, -0.2) is 0 Å². The minimum absolute atomic E-state index is 0.0573. The molecule has 0 amide bonds. The molecular weight excluding hydrogens is 224 g/mol. The molecule has 0 bridgehead atoms. The van der Waals surface area contributed by atoms with E-state index in [0.29, 0.717) is 6.61 Å². The van der Waals surface area contributed by atoms with Crippen molar-refractivity contribution in [1.29, 1.82) is 0 Å². The Morgan fingerprint density at radius 2 is 1.61 bits per heavy atom. The zero-order valence-electron chi connectivity index (χ0n) is 12.2. The van der Waals surface area contributed by atoms with Crippen LogP contribution in [0.3, 0.4) is 0 Å². The molecule has 2 heterocycles. The molecule has 18 heavy (non-hydrogen) atoms. The van der Waals surface area contributed by atoms with Crippen molar-refractivity contribution in [2.45, 2.75) is 39.5 Å². The maximum Gasteiger partial charge on any atom is 0.0494 e. The molecule has 0 spiro atoms. The molecule has 1 N–H and O–H groups in total. The summed E-state index contributed by atoms with van der Waals surface area (Å²) in [5, 5.41) is 9.33. The van der Waals surface area contributed by atoms with Crippen LogP contribution < -0.4 is 0 Å². The predicted molar refractivity (Wildman–Crippen MR) is 75.7 cm³/mol. The third-order valence-corrected chi connectivity index (χ3v) is 4.50. The molecule has 0 aromatic rings. The second-order valence-electron chi connectivity index (χ2n) is 7.05. The molecule has 3 nitrogen and oxygen atoms in total. The first-order valence-electron chi connectivity index (χ1n) is 7.65. The van der Waals surface area contributed by atoms with Gasteiger partial charge >= 0.3 is 0 Å². The van der Waals surface area contributed by atoms with Gasteiger partial charge in [0, 0.05) is 25.1 Å². The molecule has 2 rings (SSSR count). The summed E-state index contributed by atoms with van der Waals surface area (Å²) in [6.45, 7) is 12.1. The Hall–Kier alpha value is -0.120. The molecule has 0 aromatic carbocycles. The highest BCUT2D eigenvalue weighted by Crippen LogP contribution is 2.23. The van der Waals surface area contributed by atoms with E-state index in [-0.39, 0.29) is 5.41 Å². The summed E-state index contributed by atoms with van der Waals surface area (Å²) >= 11 is 0. The Morgan fingerprint density at radius 3 is 2.17 bits per heavy atom. The standard InChI is InChI=1S/C15H30N2O/c1-15(2,13-18)12-17-9-5-14(6-10-17)11-16-7-3-4-8-16/h14,18H,3-13H2,1-2H3. The SMILES string of the molecule is CC(C)(CO)CN1CCC(CN2CCCC2)CC1. The van der Waals surface area contributed by atoms with Gasteiger partial charge in [0.1, 0.15) is 0 Å². The Kier molecular flexibility index (Phi) is 5.05. The highest BCUT2D eigenvalue weighted by Gasteiger charge is 2.26. The number of rotatable bonds is 5. The highest BCUT2D eigenvalue weighted by molar-refractivity contribution is 4.80. The van der Waals surface area contributed by atoms with E-state index in [9.17, 15) is 5.11 Å². The molecule has 0 aromatic heterocycles. The summed E-state index contributed by atoms with van der Waals surface area (Å²) in [5.41, 5.74) is 0.0573. The van der Waals surface area contributed by atoms with Gasteiger partial charge in [-0.3, -0.25) is 0 Å². The number of hydrogen-bond acceptors (Lipinski definition) is 3. The van der Waals surface area contributed by atoms with Crippen molar-refractivity contribution in [2.75, 3.05) is 45.9 Å². The molecule has 0 atom stereocenters. The van der Waals surface area contributed by atoms with Gasteiger partial charge in [-0.2, -0.15) is 0 Å². The van der Waals surface area contributed by atoms with Gasteiger partial charge in [-0.1, -0.05) is 13.8 Å². The maximum absolute atomic E-state index is 9.33. The average Bonchev–Trinajstić information content (AvgIpc) is 2.84. The second kappa shape index (κ2) is 6.36. The lowest BCUT2D eigenvalue weighted by atomic mass is 9.91. The van der Waals surface area contributed by atoms with Crippen LogP contribution in [0.15, 0.2) is 0 Å². The van der Waals surface area contributed by atoms with E-state index in [1.165, 1.54) is 58.4 Å². The predicted octanol–water partition coefficient (Wildman–Crippen LogP) is 1.81. The van der Waals surface area contributed by atoms with Crippen LogP contribution in [-0.4, -0.2) is 60.8 Å². The smallest absolute Gasteiger partial charge is 0.0494 e. The van der Waals surface area contributed by atoms with Gasteiger partial charge in [0.25, 0.3) is 0 Å². The van der Waals surface area contributed by atoms with E-state index >= 15 is 0 Å². The van der Waals surface area contributed by atoms with Gasteiger partial charge < -0.3 is 14.9 Å².